The molecule has 0 N–H and O–H groups in total. The molecular weight excluding hydrogens is 665 g/mol. The van der Waals surface area contributed by atoms with Gasteiger partial charge in [0.25, 0.3) is 0 Å². The predicted octanol–water partition coefficient (Wildman–Crippen LogP) is 14.2. The molecule has 6 aromatic rings. The summed E-state index contributed by atoms with van der Waals surface area (Å²) in [6.45, 7) is 8.73. The van der Waals surface area contributed by atoms with E-state index in [2.05, 4.69) is 213 Å². The van der Waals surface area contributed by atoms with Gasteiger partial charge in [-0.25, -0.2) is 0 Å². The molecule has 2 atom stereocenters. The summed E-state index contributed by atoms with van der Waals surface area (Å²) in [5.41, 5.74) is 18.5. The highest BCUT2D eigenvalue weighted by Crippen LogP contribution is 2.57. The summed E-state index contributed by atoms with van der Waals surface area (Å²) in [5.74, 6) is 0.548. The molecule has 0 saturated carbocycles. The maximum absolute atomic E-state index is 2.42. The summed E-state index contributed by atoms with van der Waals surface area (Å²) < 4.78 is 0. The zero-order valence-corrected chi connectivity index (χ0v) is 32.3. The van der Waals surface area contributed by atoms with Gasteiger partial charge in [0.05, 0.1) is 5.41 Å². The summed E-state index contributed by atoms with van der Waals surface area (Å²) in [6, 6.07) is 54.6. The molecule has 0 saturated heterocycles. The van der Waals surface area contributed by atoms with E-state index in [4.69, 9.17) is 0 Å². The topological polar surface area (TPSA) is 6.48 Å². The van der Waals surface area contributed by atoms with Crippen LogP contribution in [0.2, 0.25) is 0 Å². The highest BCUT2D eigenvalue weighted by molar-refractivity contribution is 5.89. The quantitative estimate of drug-likeness (QED) is 0.155. The number of nitrogens with zero attached hydrogens (tertiary/aromatic N) is 2. The average Bonchev–Trinajstić information content (AvgIpc) is 3.52. The lowest BCUT2D eigenvalue weighted by molar-refractivity contribution is 0.728. The van der Waals surface area contributed by atoms with E-state index < -0.39 is 5.41 Å². The van der Waals surface area contributed by atoms with Crippen LogP contribution in [0.5, 0.6) is 0 Å². The molecule has 0 spiro atoms. The van der Waals surface area contributed by atoms with E-state index in [0.29, 0.717) is 5.92 Å². The second kappa shape index (κ2) is 14.3. The highest BCUT2D eigenvalue weighted by Gasteiger charge is 2.47. The zero-order valence-electron chi connectivity index (χ0n) is 32.3. The fourth-order valence-electron chi connectivity index (χ4n) is 8.88. The maximum Gasteiger partial charge on any atom is 0.0710 e. The Morgan fingerprint density at radius 2 is 1.00 bits per heavy atom. The van der Waals surface area contributed by atoms with Crippen LogP contribution in [0.25, 0.3) is 5.57 Å². The number of benzene rings is 6. The van der Waals surface area contributed by atoms with Crippen LogP contribution in [0.15, 0.2) is 187 Å². The van der Waals surface area contributed by atoms with Crippen molar-refractivity contribution < 1.29 is 0 Å². The van der Waals surface area contributed by atoms with Crippen molar-refractivity contribution in [3.05, 3.63) is 226 Å². The third-order valence-electron chi connectivity index (χ3n) is 11.8. The largest absolute Gasteiger partial charge is 0.311 e. The van der Waals surface area contributed by atoms with E-state index in [1.54, 1.807) is 0 Å². The van der Waals surface area contributed by atoms with Crippen molar-refractivity contribution in [3.63, 3.8) is 0 Å². The minimum Gasteiger partial charge on any atom is -0.311 e. The van der Waals surface area contributed by atoms with Crippen molar-refractivity contribution in [1.29, 1.82) is 0 Å². The molecular formula is C53H48N2. The second-order valence-corrected chi connectivity index (χ2v) is 15.6. The summed E-state index contributed by atoms with van der Waals surface area (Å²) in [7, 11) is 0. The van der Waals surface area contributed by atoms with E-state index in [1.807, 2.05) is 0 Å². The number of allylic oxidation sites excluding steroid dienone is 7. The molecule has 2 unspecified atom stereocenters. The Morgan fingerprint density at radius 1 is 0.527 bits per heavy atom. The van der Waals surface area contributed by atoms with Crippen molar-refractivity contribution >= 4 is 34.0 Å². The molecule has 0 fully saturated rings. The molecule has 0 aliphatic heterocycles. The Labute approximate surface area is 327 Å². The average molecular weight is 713 g/mol. The van der Waals surface area contributed by atoms with Crippen LogP contribution in [-0.4, -0.2) is 0 Å². The van der Waals surface area contributed by atoms with Crippen LogP contribution < -0.4 is 9.80 Å². The van der Waals surface area contributed by atoms with Crippen molar-refractivity contribution in [2.45, 2.75) is 52.4 Å². The van der Waals surface area contributed by atoms with Crippen molar-refractivity contribution in [3.8, 4) is 0 Å². The first kappa shape index (κ1) is 34.6. The molecule has 6 aromatic carbocycles. The van der Waals surface area contributed by atoms with E-state index >= 15 is 0 Å². The zero-order chi connectivity index (χ0) is 37.5. The Morgan fingerprint density at radius 3 is 1.49 bits per heavy atom. The molecule has 0 amide bonds. The van der Waals surface area contributed by atoms with Gasteiger partial charge < -0.3 is 9.80 Å². The third-order valence-corrected chi connectivity index (χ3v) is 11.8. The summed E-state index contributed by atoms with van der Waals surface area (Å²) in [4.78, 5) is 4.78. The minimum absolute atomic E-state index is 0.452. The van der Waals surface area contributed by atoms with Gasteiger partial charge in [0.1, 0.15) is 0 Å². The van der Waals surface area contributed by atoms with Gasteiger partial charge in [0.2, 0.25) is 0 Å². The van der Waals surface area contributed by atoms with Crippen molar-refractivity contribution in [2.24, 2.45) is 5.92 Å². The van der Waals surface area contributed by atoms with E-state index in [0.717, 1.165) is 42.0 Å². The molecule has 2 nitrogen and oxygen atoms in total. The number of hydrogen-bond donors (Lipinski definition) is 0. The van der Waals surface area contributed by atoms with Gasteiger partial charge in [-0.2, -0.15) is 0 Å². The molecule has 55 heavy (non-hydrogen) atoms. The van der Waals surface area contributed by atoms with Crippen molar-refractivity contribution in [1.82, 2.24) is 0 Å². The number of rotatable bonds is 8. The van der Waals surface area contributed by atoms with Crippen LogP contribution in [-0.2, 0) is 5.41 Å². The molecule has 0 radical (unpaired) electrons. The Hall–Kier alpha value is -6.12. The van der Waals surface area contributed by atoms with Crippen LogP contribution in [0.3, 0.4) is 0 Å². The number of anilines is 5. The van der Waals surface area contributed by atoms with Crippen LogP contribution in [0.1, 0.15) is 65.1 Å². The Balaban J connectivity index is 1.19. The van der Waals surface area contributed by atoms with Gasteiger partial charge >= 0.3 is 0 Å². The number of hydrogen-bond acceptors (Lipinski definition) is 2. The van der Waals surface area contributed by atoms with E-state index in [1.165, 1.54) is 61.5 Å². The lowest BCUT2D eigenvalue weighted by Crippen LogP contribution is -2.30. The fraction of sp³-hybridized carbons (Fsp3) is 0.170. The first-order chi connectivity index (χ1) is 26.9. The molecule has 0 bridgehead atoms. The molecule has 270 valence electrons. The maximum atomic E-state index is 2.42. The summed E-state index contributed by atoms with van der Waals surface area (Å²) in [6.07, 6.45) is 15.0. The number of aryl methyl sites for hydroxylation is 3. The summed E-state index contributed by atoms with van der Waals surface area (Å²) in [5, 5.41) is 0. The first-order valence-corrected chi connectivity index (χ1v) is 19.8. The van der Waals surface area contributed by atoms with Gasteiger partial charge in [0, 0.05) is 34.1 Å². The lowest BCUT2D eigenvalue weighted by Gasteiger charge is -2.36. The fourth-order valence-corrected chi connectivity index (χ4v) is 8.88. The molecule has 3 aliphatic carbocycles. The molecule has 0 aromatic heterocycles. The Kier molecular flexibility index (Phi) is 8.98. The van der Waals surface area contributed by atoms with Crippen LogP contribution >= 0.6 is 0 Å². The molecule has 0 heterocycles. The number of fused-ring (bicyclic) bond motifs is 2. The van der Waals surface area contributed by atoms with Gasteiger partial charge in [-0.05, 0) is 146 Å². The van der Waals surface area contributed by atoms with Crippen molar-refractivity contribution in [2.75, 3.05) is 9.80 Å². The van der Waals surface area contributed by atoms with Gasteiger partial charge in [-0.15, -0.1) is 0 Å². The second-order valence-electron chi connectivity index (χ2n) is 15.6. The SMILES string of the molecule is Cc1ccc(N(C2=CCC(C)C=C2)c2ccc(C3(c4ccc(N(c5ccc(C)cc5)c5ccc(C)cc5)cc4)C4=C(CCC=C4)c4ccccc43)cc2)cc1. The van der Waals surface area contributed by atoms with Crippen LogP contribution in [0.4, 0.5) is 28.4 Å². The van der Waals surface area contributed by atoms with E-state index in [-0.39, 0.29) is 0 Å². The first-order valence-electron chi connectivity index (χ1n) is 19.8. The predicted molar refractivity (Wildman–Crippen MR) is 233 cm³/mol. The van der Waals surface area contributed by atoms with Gasteiger partial charge in [-0.3, -0.25) is 0 Å². The monoisotopic (exact) mass is 712 g/mol. The molecule has 2 heteroatoms. The highest BCUT2D eigenvalue weighted by atomic mass is 15.1. The van der Waals surface area contributed by atoms with E-state index in [9.17, 15) is 0 Å². The normalized spacial score (nSPS) is 18.5. The third kappa shape index (κ3) is 6.16. The van der Waals surface area contributed by atoms with Gasteiger partial charge in [0.15, 0.2) is 0 Å². The molecule has 3 aliphatic rings. The summed E-state index contributed by atoms with van der Waals surface area (Å²) >= 11 is 0. The Bertz CT molecular complexity index is 2410. The molecule has 9 rings (SSSR count). The lowest BCUT2D eigenvalue weighted by atomic mass is 9.66. The van der Waals surface area contributed by atoms with Crippen LogP contribution in [0, 0.1) is 26.7 Å². The standard InChI is InChI=1S/C53H48N2/c1-37-13-25-43(26-14-37)54(44-27-15-38(2)16-28-44)47-33-21-41(22-34-47)53(51-11-7-5-9-49(51)50-10-6-8-12-52(50)53)42-23-35-48(36-24-42)55(45-29-17-39(3)18-30-45)46-31-19-40(4)20-32-46/h5,7-9,11-19,21-36,40H,6,10,20H2,1-4H3. The van der Waals surface area contributed by atoms with Gasteiger partial charge in [-0.1, -0.05) is 133 Å². The smallest absolute Gasteiger partial charge is 0.0710 e. The minimum atomic E-state index is -0.452.